The van der Waals surface area contributed by atoms with Gasteiger partial charge in [0.2, 0.25) is 5.91 Å². The number of likely N-dealkylation sites (tertiary alicyclic amines) is 1. The summed E-state index contributed by atoms with van der Waals surface area (Å²) in [5.41, 5.74) is 5.64. The van der Waals surface area contributed by atoms with Crippen LogP contribution in [0.25, 0.3) is 0 Å². The molecule has 2 fully saturated rings. The Morgan fingerprint density at radius 2 is 2.25 bits per heavy atom. The van der Waals surface area contributed by atoms with Crippen LogP contribution in [0.15, 0.2) is 0 Å². The van der Waals surface area contributed by atoms with Crippen molar-refractivity contribution >= 4 is 23.1 Å². The minimum absolute atomic E-state index is 0.0242. The van der Waals surface area contributed by atoms with E-state index in [4.69, 9.17) is 22.7 Å². The molecule has 2 unspecified atom stereocenters. The summed E-state index contributed by atoms with van der Waals surface area (Å²) in [6.45, 7) is 1.57. The third kappa shape index (κ3) is 2.52. The van der Waals surface area contributed by atoms with Gasteiger partial charge in [0.15, 0.2) is 0 Å². The van der Waals surface area contributed by atoms with Crippen molar-refractivity contribution in [3.05, 3.63) is 0 Å². The van der Waals surface area contributed by atoms with Gasteiger partial charge in [0.1, 0.15) is 0 Å². The topological polar surface area (TPSA) is 55.6 Å². The first-order valence-corrected chi connectivity index (χ1v) is 6.29. The molecule has 0 aromatic heterocycles. The molecule has 90 valence electrons. The van der Waals surface area contributed by atoms with Gasteiger partial charge in [-0.05, 0) is 25.7 Å². The Balaban J connectivity index is 1.90. The summed E-state index contributed by atoms with van der Waals surface area (Å²) in [5, 5.41) is 0. The van der Waals surface area contributed by atoms with E-state index < -0.39 is 0 Å². The summed E-state index contributed by atoms with van der Waals surface area (Å²) in [6, 6.07) is -0.0242. The molecule has 2 heterocycles. The maximum Gasteiger partial charge on any atom is 0.225 e. The number of hydrogen-bond donors (Lipinski definition) is 1. The SMILES string of the molecule is NC(=S)C1CCCN1C(=O)CC1CCCO1. The second kappa shape index (κ2) is 5.10. The monoisotopic (exact) mass is 242 g/mol. The van der Waals surface area contributed by atoms with Crippen LogP contribution < -0.4 is 5.73 Å². The van der Waals surface area contributed by atoms with Crippen LogP contribution in [0, 0.1) is 0 Å². The Labute approximate surface area is 101 Å². The first-order chi connectivity index (χ1) is 7.68. The summed E-state index contributed by atoms with van der Waals surface area (Å²) in [6.07, 6.45) is 4.57. The molecule has 2 aliphatic rings. The third-order valence-electron chi connectivity index (χ3n) is 3.33. The maximum absolute atomic E-state index is 12.0. The van der Waals surface area contributed by atoms with Crippen molar-refractivity contribution in [3.8, 4) is 0 Å². The first kappa shape index (κ1) is 11.8. The third-order valence-corrected chi connectivity index (χ3v) is 3.60. The van der Waals surface area contributed by atoms with Gasteiger partial charge in [0.05, 0.1) is 23.6 Å². The molecule has 16 heavy (non-hydrogen) atoms. The predicted molar refractivity (Wildman–Crippen MR) is 65.1 cm³/mol. The van der Waals surface area contributed by atoms with Crippen LogP contribution in [0.1, 0.15) is 32.1 Å². The van der Waals surface area contributed by atoms with E-state index in [2.05, 4.69) is 0 Å². The average molecular weight is 242 g/mol. The summed E-state index contributed by atoms with van der Waals surface area (Å²) in [7, 11) is 0. The van der Waals surface area contributed by atoms with Gasteiger partial charge < -0.3 is 15.4 Å². The zero-order valence-electron chi connectivity index (χ0n) is 9.35. The van der Waals surface area contributed by atoms with Gasteiger partial charge in [0.25, 0.3) is 0 Å². The molecule has 2 saturated heterocycles. The average Bonchev–Trinajstić information content (AvgIpc) is 2.86. The van der Waals surface area contributed by atoms with Gasteiger partial charge >= 0.3 is 0 Å². The van der Waals surface area contributed by atoms with E-state index in [0.29, 0.717) is 11.4 Å². The fraction of sp³-hybridized carbons (Fsp3) is 0.818. The molecule has 5 heteroatoms. The van der Waals surface area contributed by atoms with Crippen molar-refractivity contribution < 1.29 is 9.53 Å². The van der Waals surface area contributed by atoms with Gasteiger partial charge in [-0.15, -0.1) is 0 Å². The fourth-order valence-electron chi connectivity index (χ4n) is 2.48. The molecule has 0 aliphatic carbocycles. The lowest BCUT2D eigenvalue weighted by Gasteiger charge is -2.24. The molecule has 2 aliphatic heterocycles. The minimum atomic E-state index is -0.0242. The largest absolute Gasteiger partial charge is 0.392 e. The molecular weight excluding hydrogens is 224 g/mol. The molecule has 0 radical (unpaired) electrons. The smallest absolute Gasteiger partial charge is 0.225 e. The number of ether oxygens (including phenoxy) is 1. The van der Waals surface area contributed by atoms with Crippen molar-refractivity contribution in [2.24, 2.45) is 5.73 Å². The van der Waals surface area contributed by atoms with Gasteiger partial charge in [-0.2, -0.15) is 0 Å². The number of rotatable bonds is 3. The summed E-state index contributed by atoms with van der Waals surface area (Å²) >= 11 is 4.99. The van der Waals surface area contributed by atoms with Gasteiger partial charge in [-0.1, -0.05) is 12.2 Å². The van der Waals surface area contributed by atoms with Crippen molar-refractivity contribution in [2.45, 2.75) is 44.2 Å². The highest BCUT2D eigenvalue weighted by Crippen LogP contribution is 2.22. The molecule has 0 saturated carbocycles. The molecule has 2 N–H and O–H groups in total. The molecule has 2 atom stereocenters. The number of nitrogens with zero attached hydrogens (tertiary/aromatic N) is 1. The number of hydrogen-bond acceptors (Lipinski definition) is 3. The van der Waals surface area contributed by atoms with Crippen LogP contribution in [0.5, 0.6) is 0 Å². The standard InChI is InChI=1S/C11H18N2O2S/c12-11(16)9-4-1-5-13(9)10(14)7-8-3-2-6-15-8/h8-9H,1-7H2,(H2,12,16). The number of carbonyl (C=O) groups is 1. The zero-order chi connectivity index (χ0) is 11.5. The summed E-state index contributed by atoms with van der Waals surface area (Å²) in [5.74, 6) is 0.141. The van der Waals surface area contributed by atoms with Gasteiger partial charge in [-0.3, -0.25) is 4.79 Å². The molecule has 4 nitrogen and oxygen atoms in total. The van der Waals surface area contributed by atoms with Gasteiger partial charge in [-0.25, -0.2) is 0 Å². The molecule has 0 spiro atoms. The number of amides is 1. The van der Waals surface area contributed by atoms with E-state index >= 15 is 0 Å². The summed E-state index contributed by atoms with van der Waals surface area (Å²) < 4.78 is 5.47. The van der Waals surface area contributed by atoms with Crippen LogP contribution in [0.2, 0.25) is 0 Å². The second-order valence-corrected chi connectivity index (χ2v) is 4.96. The molecular formula is C11H18N2O2S. The number of thiocarbonyl (C=S) groups is 1. The highest BCUT2D eigenvalue weighted by atomic mass is 32.1. The normalized spacial score (nSPS) is 29.6. The Kier molecular flexibility index (Phi) is 3.76. The maximum atomic E-state index is 12.0. The number of nitrogens with two attached hydrogens (primary N) is 1. The Bertz CT molecular complexity index is 290. The lowest BCUT2D eigenvalue weighted by Crippen LogP contribution is -2.43. The fourth-order valence-corrected chi connectivity index (χ4v) is 2.72. The molecule has 0 aromatic rings. The van der Waals surface area contributed by atoms with Gasteiger partial charge in [0, 0.05) is 13.2 Å². The lowest BCUT2D eigenvalue weighted by atomic mass is 10.1. The van der Waals surface area contributed by atoms with Crippen LogP contribution in [0.4, 0.5) is 0 Å². The van der Waals surface area contributed by atoms with E-state index in [1.165, 1.54) is 0 Å². The summed E-state index contributed by atoms with van der Waals surface area (Å²) in [4.78, 5) is 14.3. The quantitative estimate of drug-likeness (QED) is 0.745. The Morgan fingerprint density at radius 1 is 1.44 bits per heavy atom. The van der Waals surface area contributed by atoms with Crippen LogP contribution in [-0.4, -0.2) is 41.1 Å². The molecule has 0 aromatic carbocycles. The first-order valence-electron chi connectivity index (χ1n) is 5.89. The van der Waals surface area contributed by atoms with Crippen molar-refractivity contribution in [3.63, 3.8) is 0 Å². The van der Waals surface area contributed by atoms with E-state index in [0.717, 1.165) is 38.8 Å². The van der Waals surface area contributed by atoms with Crippen LogP contribution in [0.3, 0.4) is 0 Å². The van der Waals surface area contributed by atoms with Crippen LogP contribution in [-0.2, 0) is 9.53 Å². The predicted octanol–water partition coefficient (Wildman–Crippen LogP) is 0.833. The van der Waals surface area contributed by atoms with Crippen LogP contribution >= 0.6 is 12.2 Å². The Hall–Kier alpha value is -0.680. The van der Waals surface area contributed by atoms with Crippen molar-refractivity contribution in [1.29, 1.82) is 0 Å². The van der Waals surface area contributed by atoms with E-state index in [1.807, 2.05) is 4.90 Å². The van der Waals surface area contributed by atoms with Crippen molar-refractivity contribution in [1.82, 2.24) is 4.90 Å². The Morgan fingerprint density at radius 3 is 2.88 bits per heavy atom. The highest BCUT2D eigenvalue weighted by Gasteiger charge is 2.32. The van der Waals surface area contributed by atoms with E-state index in [-0.39, 0.29) is 18.1 Å². The second-order valence-electron chi connectivity index (χ2n) is 4.49. The van der Waals surface area contributed by atoms with E-state index in [1.54, 1.807) is 0 Å². The number of carbonyl (C=O) groups excluding carboxylic acids is 1. The highest BCUT2D eigenvalue weighted by molar-refractivity contribution is 7.80. The van der Waals surface area contributed by atoms with E-state index in [9.17, 15) is 4.79 Å². The van der Waals surface area contributed by atoms with Crippen molar-refractivity contribution in [2.75, 3.05) is 13.2 Å². The molecule has 1 amide bonds. The molecule has 0 bridgehead atoms. The molecule has 2 rings (SSSR count). The minimum Gasteiger partial charge on any atom is -0.392 e. The lowest BCUT2D eigenvalue weighted by molar-refractivity contribution is -0.133. The zero-order valence-corrected chi connectivity index (χ0v) is 10.2.